The molecule has 0 spiro atoms. The number of para-hydroxylation sites is 1. The molecule has 0 amide bonds. The van der Waals surface area contributed by atoms with Gasteiger partial charge in [-0.2, -0.15) is 0 Å². The van der Waals surface area contributed by atoms with Crippen molar-refractivity contribution in [1.82, 2.24) is 0 Å². The Labute approximate surface area is 127 Å². The lowest BCUT2D eigenvalue weighted by Crippen LogP contribution is -2.45. The minimum Gasteiger partial charge on any atom is -0.394 e. The van der Waals surface area contributed by atoms with Gasteiger partial charge in [-0.3, -0.25) is 0 Å². The summed E-state index contributed by atoms with van der Waals surface area (Å²) in [6.45, 7) is 5.45. The SMILES string of the molecule is Cc1ccccc1N1CCC[C@@]1(CO)c1ccccc1C. The number of hydrogen-bond donors (Lipinski definition) is 1. The first-order valence-corrected chi connectivity index (χ1v) is 7.69. The maximum absolute atomic E-state index is 10.3. The van der Waals surface area contributed by atoms with Crippen molar-refractivity contribution in [2.45, 2.75) is 32.2 Å². The Morgan fingerprint density at radius 3 is 2.33 bits per heavy atom. The lowest BCUT2D eigenvalue weighted by Gasteiger charge is -2.41. The van der Waals surface area contributed by atoms with Crippen LogP contribution in [-0.2, 0) is 5.54 Å². The summed E-state index contributed by atoms with van der Waals surface area (Å²) in [5.41, 5.74) is 4.75. The molecule has 1 atom stereocenters. The molecule has 0 bridgehead atoms. The van der Waals surface area contributed by atoms with Crippen LogP contribution >= 0.6 is 0 Å². The maximum atomic E-state index is 10.3. The molecular weight excluding hydrogens is 258 g/mol. The van der Waals surface area contributed by atoms with E-state index in [2.05, 4.69) is 67.3 Å². The minimum atomic E-state index is -0.280. The highest BCUT2D eigenvalue weighted by Gasteiger charge is 2.43. The third-order valence-electron chi connectivity index (χ3n) is 4.80. The highest BCUT2D eigenvalue weighted by Crippen LogP contribution is 2.43. The number of aliphatic hydroxyl groups excluding tert-OH is 1. The van der Waals surface area contributed by atoms with Crippen molar-refractivity contribution < 1.29 is 5.11 Å². The second-order valence-electron chi connectivity index (χ2n) is 6.05. The van der Waals surface area contributed by atoms with E-state index < -0.39 is 0 Å². The summed E-state index contributed by atoms with van der Waals surface area (Å²) < 4.78 is 0. The predicted octanol–water partition coefficient (Wildman–Crippen LogP) is 3.79. The molecule has 0 saturated carbocycles. The molecule has 21 heavy (non-hydrogen) atoms. The molecule has 0 unspecified atom stereocenters. The van der Waals surface area contributed by atoms with E-state index in [1.54, 1.807) is 0 Å². The molecule has 1 aliphatic heterocycles. The van der Waals surface area contributed by atoms with Gasteiger partial charge in [-0.15, -0.1) is 0 Å². The molecule has 2 nitrogen and oxygen atoms in total. The van der Waals surface area contributed by atoms with E-state index in [4.69, 9.17) is 0 Å². The van der Waals surface area contributed by atoms with E-state index in [1.807, 2.05) is 0 Å². The molecule has 0 radical (unpaired) electrons. The van der Waals surface area contributed by atoms with Gasteiger partial charge in [0.2, 0.25) is 0 Å². The van der Waals surface area contributed by atoms with Crippen LogP contribution in [0.15, 0.2) is 48.5 Å². The second-order valence-corrected chi connectivity index (χ2v) is 6.05. The Morgan fingerprint density at radius 1 is 1.00 bits per heavy atom. The third-order valence-corrected chi connectivity index (χ3v) is 4.80. The smallest absolute Gasteiger partial charge is 0.0887 e. The van der Waals surface area contributed by atoms with Gasteiger partial charge in [-0.05, 0) is 49.4 Å². The number of rotatable bonds is 3. The number of nitrogens with zero attached hydrogens (tertiary/aromatic N) is 1. The fourth-order valence-electron chi connectivity index (χ4n) is 3.72. The fraction of sp³-hybridized carbons (Fsp3) is 0.368. The lowest BCUT2D eigenvalue weighted by molar-refractivity contribution is 0.197. The Bertz CT molecular complexity index is 637. The zero-order valence-corrected chi connectivity index (χ0v) is 12.8. The van der Waals surface area contributed by atoms with Gasteiger partial charge in [0.1, 0.15) is 0 Å². The van der Waals surface area contributed by atoms with Gasteiger partial charge in [0.05, 0.1) is 12.1 Å². The van der Waals surface area contributed by atoms with Crippen LogP contribution in [0.4, 0.5) is 5.69 Å². The van der Waals surface area contributed by atoms with Crippen LogP contribution < -0.4 is 4.90 Å². The highest BCUT2D eigenvalue weighted by atomic mass is 16.3. The topological polar surface area (TPSA) is 23.5 Å². The van der Waals surface area contributed by atoms with Crippen molar-refractivity contribution in [3.05, 3.63) is 65.2 Å². The van der Waals surface area contributed by atoms with Gasteiger partial charge >= 0.3 is 0 Å². The Morgan fingerprint density at radius 2 is 1.67 bits per heavy atom. The predicted molar refractivity (Wildman–Crippen MR) is 87.7 cm³/mol. The Kier molecular flexibility index (Phi) is 3.73. The Hall–Kier alpha value is -1.80. The molecule has 1 aliphatic rings. The molecular formula is C19H23NO. The second kappa shape index (κ2) is 5.53. The Balaban J connectivity index is 2.13. The summed E-state index contributed by atoms with van der Waals surface area (Å²) in [6.07, 6.45) is 2.12. The van der Waals surface area contributed by atoms with Crippen LogP contribution in [0, 0.1) is 13.8 Å². The van der Waals surface area contributed by atoms with Gasteiger partial charge in [-0.25, -0.2) is 0 Å². The van der Waals surface area contributed by atoms with Crippen molar-refractivity contribution in [2.24, 2.45) is 0 Å². The monoisotopic (exact) mass is 281 g/mol. The number of hydrogen-bond acceptors (Lipinski definition) is 2. The molecule has 2 aromatic rings. The summed E-state index contributed by atoms with van der Waals surface area (Å²) in [5.74, 6) is 0. The summed E-state index contributed by atoms with van der Waals surface area (Å²) in [7, 11) is 0. The average Bonchev–Trinajstić information content (AvgIpc) is 2.93. The molecule has 2 heteroatoms. The van der Waals surface area contributed by atoms with E-state index in [-0.39, 0.29) is 12.1 Å². The van der Waals surface area contributed by atoms with E-state index in [0.29, 0.717) is 0 Å². The van der Waals surface area contributed by atoms with Crippen LogP contribution in [0.3, 0.4) is 0 Å². The molecule has 3 rings (SSSR count). The maximum Gasteiger partial charge on any atom is 0.0887 e. The van der Waals surface area contributed by atoms with Crippen molar-refractivity contribution in [3.63, 3.8) is 0 Å². The number of aryl methyl sites for hydroxylation is 2. The summed E-state index contributed by atoms with van der Waals surface area (Å²) in [4.78, 5) is 2.41. The van der Waals surface area contributed by atoms with Gasteiger partial charge < -0.3 is 10.0 Å². The van der Waals surface area contributed by atoms with Crippen LogP contribution in [0.25, 0.3) is 0 Å². The fourth-order valence-corrected chi connectivity index (χ4v) is 3.72. The number of benzene rings is 2. The van der Waals surface area contributed by atoms with Gasteiger partial charge in [0.25, 0.3) is 0 Å². The average molecular weight is 281 g/mol. The van der Waals surface area contributed by atoms with Crippen molar-refractivity contribution in [3.8, 4) is 0 Å². The van der Waals surface area contributed by atoms with E-state index >= 15 is 0 Å². The first-order chi connectivity index (χ1) is 10.2. The molecule has 1 fully saturated rings. The molecule has 1 N–H and O–H groups in total. The molecule has 0 aromatic heterocycles. The highest BCUT2D eigenvalue weighted by molar-refractivity contribution is 5.58. The normalized spacial score (nSPS) is 21.8. The van der Waals surface area contributed by atoms with Crippen molar-refractivity contribution in [2.75, 3.05) is 18.1 Å². The van der Waals surface area contributed by atoms with E-state index in [0.717, 1.165) is 19.4 Å². The number of anilines is 1. The van der Waals surface area contributed by atoms with Gasteiger partial charge in [-0.1, -0.05) is 42.5 Å². The zero-order chi connectivity index (χ0) is 14.9. The first kappa shape index (κ1) is 14.2. The summed E-state index contributed by atoms with van der Waals surface area (Å²) in [5, 5.41) is 10.3. The van der Waals surface area contributed by atoms with Gasteiger partial charge in [0, 0.05) is 12.2 Å². The minimum absolute atomic E-state index is 0.159. The lowest BCUT2D eigenvalue weighted by atomic mass is 9.84. The molecule has 2 aromatic carbocycles. The molecule has 110 valence electrons. The molecule has 1 saturated heterocycles. The van der Waals surface area contributed by atoms with E-state index in [1.165, 1.54) is 22.4 Å². The number of aliphatic hydroxyl groups is 1. The van der Waals surface area contributed by atoms with Crippen molar-refractivity contribution in [1.29, 1.82) is 0 Å². The summed E-state index contributed by atoms with van der Waals surface area (Å²) in [6, 6.07) is 16.9. The standard InChI is InChI=1S/C19H23NO/c1-15-8-3-5-10-17(15)19(14-21)12-7-13-20(19)18-11-6-4-9-16(18)2/h3-6,8-11,21H,7,12-14H2,1-2H3/t19-/m1/s1. The van der Waals surface area contributed by atoms with Crippen LogP contribution in [-0.4, -0.2) is 18.3 Å². The van der Waals surface area contributed by atoms with Crippen LogP contribution in [0.1, 0.15) is 29.5 Å². The zero-order valence-electron chi connectivity index (χ0n) is 12.8. The van der Waals surface area contributed by atoms with Crippen LogP contribution in [0.2, 0.25) is 0 Å². The summed E-state index contributed by atoms with van der Waals surface area (Å²) >= 11 is 0. The van der Waals surface area contributed by atoms with E-state index in [9.17, 15) is 5.11 Å². The van der Waals surface area contributed by atoms with Crippen LogP contribution in [0.5, 0.6) is 0 Å². The first-order valence-electron chi connectivity index (χ1n) is 7.69. The third kappa shape index (κ3) is 2.24. The molecule has 1 heterocycles. The van der Waals surface area contributed by atoms with Gasteiger partial charge in [0.15, 0.2) is 0 Å². The quantitative estimate of drug-likeness (QED) is 0.925. The van der Waals surface area contributed by atoms with Crippen molar-refractivity contribution >= 4 is 5.69 Å². The largest absolute Gasteiger partial charge is 0.394 e. The molecule has 0 aliphatic carbocycles.